The molecule has 7 nitrogen and oxygen atoms in total. The van der Waals surface area contributed by atoms with Crippen molar-refractivity contribution in [1.29, 1.82) is 0 Å². The largest absolute Gasteiger partial charge is 0.478 e. The van der Waals surface area contributed by atoms with Crippen LogP contribution in [0.5, 0.6) is 0 Å². The Morgan fingerprint density at radius 2 is 1.76 bits per heavy atom. The van der Waals surface area contributed by atoms with Crippen molar-refractivity contribution in [2.45, 2.75) is 24.8 Å². The van der Waals surface area contributed by atoms with E-state index >= 15 is 0 Å². The highest BCUT2D eigenvalue weighted by atomic mass is 32.2. The Kier molecular flexibility index (Phi) is 6.29. The molecule has 0 spiro atoms. The first-order valence-electron chi connectivity index (χ1n) is 10.8. The van der Waals surface area contributed by atoms with Crippen molar-refractivity contribution in [3.63, 3.8) is 0 Å². The Bertz CT molecular complexity index is 1260. The second-order valence-corrected chi connectivity index (χ2v) is 9.97. The van der Waals surface area contributed by atoms with Gasteiger partial charge < -0.3 is 14.9 Å². The summed E-state index contributed by atoms with van der Waals surface area (Å²) in [5.74, 6) is -1.10. The van der Waals surface area contributed by atoms with E-state index in [0.717, 1.165) is 12.2 Å². The molecular weight excluding hydrogens is 438 g/mol. The Morgan fingerprint density at radius 3 is 2.42 bits per heavy atom. The van der Waals surface area contributed by atoms with Gasteiger partial charge in [-0.25, -0.2) is 13.2 Å². The number of hydrogen-bond acceptors (Lipinski definition) is 5. The number of rotatable bonds is 6. The maximum atomic E-state index is 12.6. The molecule has 172 valence electrons. The van der Waals surface area contributed by atoms with Gasteiger partial charge in [-0.1, -0.05) is 30.3 Å². The van der Waals surface area contributed by atoms with Gasteiger partial charge in [0.05, 0.1) is 16.1 Å². The number of aryl methyl sites for hydroxylation is 1. The Morgan fingerprint density at radius 1 is 1.00 bits per heavy atom. The van der Waals surface area contributed by atoms with E-state index < -0.39 is 16.0 Å². The Hall–Kier alpha value is -3.52. The van der Waals surface area contributed by atoms with Crippen LogP contribution in [-0.4, -0.2) is 45.2 Å². The van der Waals surface area contributed by atoms with Crippen molar-refractivity contribution in [3.8, 4) is 0 Å². The van der Waals surface area contributed by atoms with E-state index in [1.165, 1.54) is 23.8 Å². The fourth-order valence-electron chi connectivity index (χ4n) is 4.23. The van der Waals surface area contributed by atoms with Crippen LogP contribution < -0.4 is 14.5 Å². The first kappa shape index (κ1) is 22.7. The van der Waals surface area contributed by atoms with Gasteiger partial charge in [0.25, 0.3) is 10.0 Å². The maximum Gasteiger partial charge on any atom is 0.337 e. The minimum absolute atomic E-state index is 0.0690. The molecule has 0 aliphatic carbocycles. The van der Waals surface area contributed by atoms with E-state index in [1.54, 1.807) is 30.3 Å². The van der Waals surface area contributed by atoms with Gasteiger partial charge in [0.1, 0.15) is 0 Å². The average Bonchev–Trinajstić information content (AvgIpc) is 2.79. The van der Waals surface area contributed by atoms with Crippen LogP contribution in [0.25, 0.3) is 0 Å². The van der Waals surface area contributed by atoms with Crippen LogP contribution >= 0.6 is 0 Å². The van der Waals surface area contributed by atoms with E-state index in [4.69, 9.17) is 0 Å². The topological polar surface area (TPSA) is 90.0 Å². The maximum absolute atomic E-state index is 12.6. The number of aromatic carboxylic acids is 1. The molecule has 3 aromatic carbocycles. The third kappa shape index (κ3) is 4.96. The van der Waals surface area contributed by atoms with Gasteiger partial charge in [0.15, 0.2) is 0 Å². The summed E-state index contributed by atoms with van der Waals surface area (Å²) in [7, 11) is -3.81. The van der Waals surface area contributed by atoms with Crippen LogP contribution in [0.4, 0.5) is 17.1 Å². The van der Waals surface area contributed by atoms with Gasteiger partial charge in [-0.15, -0.1) is 0 Å². The van der Waals surface area contributed by atoms with Gasteiger partial charge in [0.2, 0.25) is 0 Å². The lowest BCUT2D eigenvalue weighted by atomic mass is 10.1. The standard InChI is InChI=1S/C25H27N3O4S/c1-18-7-6-8-21(15-18)28-14-13-27(17-19(28)2)24-12-11-20(16-23(24)25(29)30)26-33(31,32)22-9-4-3-5-10-22/h3-12,15-16,19,26H,13-14,17H2,1-2H3,(H,29,30)/t19-/m0/s1. The molecule has 1 aliphatic rings. The van der Waals surface area contributed by atoms with Gasteiger partial charge >= 0.3 is 5.97 Å². The van der Waals surface area contributed by atoms with Crippen molar-refractivity contribution in [2.75, 3.05) is 34.2 Å². The number of benzene rings is 3. The number of nitrogens with zero attached hydrogens (tertiary/aromatic N) is 2. The van der Waals surface area contributed by atoms with E-state index in [2.05, 4.69) is 46.6 Å². The lowest BCUT2D eigenvalue weighted by molar-refractivity contribution is 0.0697. The molecule has 8 heteroatoms. The fourth-order valence-corrected chi connectivity index (χ4v) is 5.30. The van der Waals surface area contributed by atoms with Gasteiger partial charge in [0, 0.05) is 37.1 Å². The van der Waals surface area contributed by atoms with Crippen LogP contribution in [0.15, 0.2) is 77.7 Å². The zero-order valence-corrected chi connectivity index (χ0v) is 19.4. The summed E-state index contributed by atoms with van der Waals surface area (Å²) in [5.41, 5.74) is 3.22. The van der Waals surface area contributed by atoms with Gasteiger partial charge in [-0.3, -0.25) is 4.72 Å². The highest BCUT2D eigenvalue weighted by Gasteiger charge is 2.27. The zero-order valence-electron chi connectivity index (χ0n) is 18.6. The predicted octanol–water partition coefficient (Wildman–Crippen LogP) is 4.21. The predicted molar refractivity (Wildman–Crippen MR) is 131 cm³/mol. The Balaban J connectivity index is 1.56. The van der Waals surface area contributed by atoms with Crippen LogP contribution in [-0.2, 0) is 10.0 Å². The molecule has 0 amide bonds. The lowest BCUT2D eigenvalue weighted by Crippen LogP contribution is -2.52. The number of anilines is 3. The van der Waals surface area contributed by atoms with Crippen LogP contribution in [0.1, 0.15) is 22.8 Å². The fraction of sp³-hybridized carbons (Fsp3) is 0.240. The molecule has 0 radical (unpaired) electrons. The molecule has 0 unspecified atom stereocenters. The van der Waals surface area contributed by atoms with Crippen molar-refractivity contribution in [2.24, 2.45) is 0 Å². The zero-order chi connectivity index (χ0) is 23.6. The van der Waals surface area contributed by atoms with Crippen LogP contribution in [0, 0.1) is 6.92 Å². The van der Waals surface area contributed by atoms with Crippen LogP contribution in [0.2, 0.25) is 0 Å². The first-order valence-corrected chi connectivity index (χ1v) is 12.3. The minimum atomic E-state index is -3.81. The molecule has 1 aliphatic heterocycles. The summed E-state index contributed by atoms with van der Waals surface area (Å²) < 4.78 is 27.7. The number of carboxylic acid groups (broad SMARTS) is 1. The third-order valence-electron chi connectivity index (χ3n) is 5.83. The molecule has 1 atom stereocenters. The summed E-state index contributed by atoms with van der Waals surface area (Å²) in [6.07, 6.45) is 0. The smallest absolute Gasteiger partial charge is 0.337 e. The Labute approximate surface area is 194 Å². The van der Waals surface area contributed by atoms with Gasteiger partial charge in [-0.05, 0) is 61.9 Å². The SMILES string of the molecule is Cc1cccc(N2CCN(c3ccc(NS(=O)(=O)c4ccccc4)cc3C(=O)O)C[C@@H]2C)c1. The summed E-state index contributed by atoms with van der Waals surface area (Å²) >= 11 is 0. The molecule has 1 saturated heterocycles. The van der Waals surface area contributed by atoms with Crippen molar-refractivity contribution < 1.29 is 18.3 Å². The first-order chi connectivity index (χ1) is 15.7. The number of sulfonamides is 1. The number of hydrogen-bond donors (Lipinski definition) is 2. The molecule has 1 fully saturated rings. The monoisotopic (exact) mass is 465 g/mol. The average molecular weight is 466 g/mol. The molecule has 0 aromatic heterocycles. The van der Waals surface area contributed by atoms with Crippen molar-refractivity contribution >= 4 is 33.1 Å². The number of piperazine rings is 1. The number of nitrogens with one attached hydrogen (secondary N) is 1. The molecule has 3 aromatic rings. The van der Waals surface area contributed by atoms with Crippen LogP contribution in [0.3, 0.4) is 0 Å². The van der Waals surface area contributed by atoms with Crippen molar-refractivity contribution in [1.82, 2.24) is 0 Å². The third-order valence-corrected chi connectivity index (χ3v) is 7.23. The van der Waals surface area contributed by atoms with Crippen molar-refractivity contribution in [3.05, 3.63) is 83.9 Å². The highest BCUT2D eigenvalue weighted by molar-refractivity contribution is 7.92. The highest BCUT2D eigenvalue weighted by Crippen LogP contribution is 2.30. The summed E-state index contributed by atoms with van der Waals surface area (Å²) in [5, 5.41) is 9.85. The van der Waals surface area contributed by atoms with E-state index in [1.807, 2.05) is 6.07 Å². The van der Waals surface area contributed by atoms with E-state index in [0.29, 0.717) is 18.8 Å². The second-order valence-electron chi connectivity index (χ2n) is 8.28. The minimum Gasteiger partial charge on any atom is -0.478 e. The molecule has 4 rings (SSSR count). The summed E-state index contributed by atoms with van der Waals surface area (Å²) in [4.78, 5) is 16.5. The van der Waals surface area contributed by atoms with E-state index in [-0.39, 0.29) is 22.2 Å². The lowest BCUT2D eigenvalue weighted by Gasteiger charge is -2.42. The number of carbonyl (C=O) groups is 1. The van der Waals surface area contributed by atoms with E-state index in [9.17, 15) is 18.3 Å². The molecule has 2 N–H and O–H groups in total. The summed E-state index contributed by atoms with van der Waals surface area (Å²) in [6.45, 7) is 6.26. The molecule has 1 heterocycles. The molecule has 0 saturated carbocycles. The van der Waals surface area contributed by atoms with Gasteiger partial charge in [-0.2, -0.15) is 0 Å². The molecule has 33 heavy (non-hydrogen) atoms. The normalized spacial score (nSPS) is 16.5. The molecule has 0 bridgehead atoms. The number of carboxylic acids is 1. The molecular formula is C25H27N3O4S. The second kappa shape index (κ2) is 9.15. The quantitative estimate of drug-likeness (QED) is 0.567. The summed E-state index contributed by atoms with van der Waals surface area (Å²) in [6, 6.07) is 21.2.